The van der Waals surface area contributed by atoms with Gasteiger partial charge in [0.1, 0.15) is 0 Å². The van der Waals surface area contributed by atoms with Crippen molar-refractivity contribution in [2.24, 2.45) is 5.73 Å². The van der Waals surface area contributed by atoms with E-state index in [1.165, 1.54) is 6.07 Å². The van der Waals surface area contributed by atoms with Crippen LogP contribution in [0.2, 0.25) is 0 Å². The first-order valence-electron chi connectivity index (χ1n) is 6.23. The van der Waals surface area contributed by atoms with Gasteiger partial charge in [0.05, 0.1) is 5.56 Å². The molecule has 0 bridgehead atoms. The number of benzene rings is 1. The number of carbonyl (C=O) groups is 1. The number of nitrogens with two attached hydrogens (primary N) is 1. The van der Waals surface area contributed by atoms with Gasteiger partial charge in [-0.1, -0.05) is 0 Å². The standard InChI is InChI=1S/C13H16F2N2O2/c14-11-6-1-8(7-12(11)15)13(18)19-17-10-4-2-9(16)3-5-10/h1,6-7,9-10,17H,2-5,16H2. The van der Waals surface area contributed by atoms with E-state index < -0.39 is 17.6 Å². The summed E-state index contributed by atoms with van der Waals surface area (Å²) in [5.74, 6) is -2.79. The van der Waals surface area contributed by atoms with Crippen molar-refractivity contribution in [3.05, 3.63) is 35.4 Å². The molecule has 1 aromatic rings. The smallest absolute Gasteiger partial charge is 0.356 e. The number of nitrogens with one attached hydrogen (secondary N) is 1. The summed E-state index contributed by atoms with van der Waals surface area (Å²) in [6, 6.07) is 3.16. The molecule has 0 unspecified atom stereocenters. The van der Waals surface area contributed by atoms with E-state index in [0.717, 1.165) is 37.8 Å². The number of halogens is 2. The second-order valence-corrected chi connectivity index (χ2v) is 4.75. The molecule has 0 atom stereocenters. The van der Waals surface area contributed by atoms with Crippen molar-refractivity contribution in [2.45, 2.75) is 37.8 Å². The number of hydroxylamine groups is 1. The maximum Gasteiger partial charge on any atom is 0.356 e. The second kappa shape index (κ2) is 6.08. The Labute approximate surface area is 109 Å². The molecule has 4 nitrogen and oxygen atoms in total. The van der Waals surface area contributed by atoms with Crippen LogP contribution < -0.4 is 11.2 Å². The lowest BCUT2D eigenvalue weighted by molar-refractivity contribution is 0.0107. The number of hydrogen-bond donors (Lipinski definition) is 2. The molecule has 0 heterocycles. The van der Waals surface area contributed by atoms with Gasteiger partial charge in [0.15, 0.2) is 11.6 Å². The molecule has 19 heavy (non-hydrogen) atoms. The molecule has 1 aliphatic carbocycles. The van der Waals surface area contributed by atoms with E-state index in [2.05, 4.69) is 5.48 Å². The molecule has 0 radical (unpaired) electrons. The van der Waals surface area contributed by atoms with E-state index in [-0.39, 0.29) is 17.6 Å². The Hall–Kier alpha value is -1.53. The van der Waals surface area contributed by atoms with E-state index in [1.54, 1.807) is 0 Å². The van der Waals surface area contributed by atoms with Gasteiger partial charge in [-0.25, -0.2) is 13.6 Å². The molecule has 1 fully saturated rings. The van der Waals surface area contributed by atoms with Crippen LogP contribution in [0.5, 0.6) is 0 Å². The Morgan fingerprint density at radius 1 is 1.21 bits per heavy atom. The van der Waals surface area contributed by atoms with Crippen LogP contribution in [0.25, 0.3) is 0 Å². The van der Waals surface area contributed by atoms with Crippen LogP contribution >= 0.6 is 0 Å². The first kappa shape index (κ1) is 13.9. The zero-order valence-corrected chi connectivity index (χ0v) is 10.4. The first-order valence-corrected chi connectivity index (χ1v) is 6.23. The molecule has 1 aliphatic rings. The van der Waals surface area contributed by atoms with Crippen molar-refractivity contribution in [1.29, 1.82) is 0 Å². The van der Waals surface area contributed by atoms with Gasteiger partial charge in [-0.2, -0.15) is 0 Å². The van der Waals surface area contributed by atoms with Crippen molar-refractivity contribution < 1.29 is 18.4 Å². The van der Waals surface area contributed by atoms with E-state index in [9.17, 15) is 13.6 Å². The lowest BCUT2D eigenvalue weighted by Gasteiger charge is -2.25. The minimum atomic E-state index is -1.07. The zero-order chi connectivity index (χ0) is 13.8. The predicted molar refractivity (Wildman–Crippen MR) is 65.1 cm³/mol. The second-order valence-electron chi connectivity index (χ2n) is 4.75. The molecule has 3 N–H and O–H groups in total. The molecule has 0 aromatic heterocycles. The van der Waals surface area contributed by atoms with E-state index >= 15 is 0 Å². The zero-order valence-electron chi connectivity index (χ0n) is 10.4. The van der Waals surface area contributed by atoms with Crippen LogP contribution in [-0.4, -0.2) is 18.1 Å². The molecule has 6 heteroatoms. The van der Waals surface area contributed by atoms with Crippen molar-refractivity contribution >= 4 is 5.97 Å². The summed E-state index contributed by atoms with van der Waals surface area (Å²) in [6.07, 6.45) is 3.40. The third-order valence-corrected chi connectivity index (χ3v) is 3.25. The molecule has 0 saturated heterocycles. The van der Waals surface area contributed by atoms with Crippen LogP contribution in [0.15, 0.2) is 18.2 Å². The van der Waals surface area contributed by atoms with Crippen molar-refractivity contribution in [3.8, 4) is 0 Å². The van der Waals surface area contributed by atoms with Crippen molar-refractivity contribution in [1.82, 2.24) is 5.48 Å². The highest BCUT2D eigenvalue weighted by molar-refractivity contribution is 5.89. The van der Waals surface area contributed by atoms with Crippen LogP contribution in [0.1, 0.15) is 36.0 Å². The molecule has 1 aromatic carbocycles. The fourth-order valence-electron chi connectivity index (χ4n) is 2.06. The Morgan fingerprint density at radius 3 is 2.53 bits per heavy atom. The lowest BCUT2D eigenvalue weighted by Crippen LogP contribution is -2.38. The van der Waals surface area contributed by atoms with Gasteiger partial charge in [0.25, 0.3) is 0 Å². The van der Waals surface area contributed by atoms with Crippen LogP contribution in [-0.2, 0) is 4.84 Å². The average molecular weight is 270 g/mol. The van der Waals surface area contributed by atoms with E-state index in [4.69, 9.17) is 10.6 Å². The van der Waals surface area contributed by atoms with Gasteiger partial charge >= 0.3 is 5.97 Å². The minimum Gasteiger partial charge on any atom is -0.366 e. The quantitative estimate of drug-likeness (QED) is 0.823. The van der Waals surface area contributed by atoms with E-state index in [1.807, 2.05) is 0 Å². The summed E-state index contributed by atoms with van der Waals surface area (Å²) in [4.78, 5) is 16.5. The highest BCUT2D eigenvalue weighted by atomic mass is 19.2. The monoisotopic (exact) mass is 270 g/mol. The molecule has 2 rings (SSSR count). The molecule has 0 aliphatic heterocycles. The largest absolute Gasteiger partial charge is 0.366 e. The topological polar surface area (TPSA) is 64.3 Å². The molecule has 0 spiro atoms. The van der Waals surface area contributed by atoms with Crippen LogP contribution in [0.3, 0.4) is 0 Å². The van der Waals surface area contributed by atoms with Gasteiger partial charge in [0.2, 0.25) is 0 Å². The molecule has 104 valence electrons. The van der Waals surface area contributed by atoms with Gasteiger partial charge in [0, 0.05) is 12.1 Å². The maximum atomic E-state index is 13.0. The summed E-state index contributed by atoms with van der Waals surface area (Å²) >= 11 is 0. The average Bonchev–Trinajstić information content (AvgIpc) is 2.41. The minimum absolute atomic E-state index is 0.0288. The Kier molecular flexibility index (Phi) is 4.44. The van der Waals surface area contributed by atoms with Crippen molar-refractivity contribution in [3.63, 3.8) is 0 Å². The Bertz CT molecular complexity index is 460. The maximum absolute atomic E-state index is 13.0. The summed E-state index contributed by atoms with van der Waals surface area (Å²) in [7, 11) is 0. The van der Waals surface area contributed by atoms with Gasteiger partial charge < -0.3 is 10.6 Å². The summed E-state index contributed by atoms with van der Waals surface area (Å²) in [6.45, 7) is 0. The van der Waals surface area contributed by atoms with Gasteiger partial charge in [-0.3, -0.25) is 0 Å². The first-order chi connectivity index (χ1) is 9.06. The van der Waals surface area contributed by atoms with Gasteiger partial charge in [-0.05, 0) is 43.9 Å². The third kappa shape index (κ3) is 3.71. The number of rotatable bonds is 3. The SMILES string of the molecule is NC1CCC(NOC(=O)c2ccc(F)c(F)c2)CC1. The summed E-state index contributed by atoms with van der Waals surface area (Å²) < 4.78 is 25.7. The summed E-state index contributed by atoms with van der Waals surface area (Å²) in [5, 5.41) is 0. The molecule has 1 saturated carbocycles. The fraction of sp³-hybridized carbons (Fsp3) is 0.462. The fourth-order valence-corrected chi connectivity index (χ4v) is 2.06. The Balaban J connectivity index is 1.85. The Morgan fingerprint density at radius 2 is 1.89 bits per heavy atom. The highest BCUT2D eigenvalue weighted by Gasteiger charge is 2.20. The number of hydrogen-bond acceptors (Lipinski definition) is 4. The van der Waals surface area contributed by atoms with Crippen molar-refractivity contribution in [2.75, 3.05) is 0 Å². The highest BCUT2D eigenvalue weighted by Crippen LogP contribution is 2.17. The van der Waals surface area contributed by atoms with Crippen LogP contribution in [0, 0.1) is 11.6 Å². The van der Waals surface area contributed by atoms with E-state index in [0.29, 0.717) is 0 Å². The molecule has 0 amide bonds. The molecular weight excluding hydrogens is 254 g/mol. The normalized spacial score (nSPS) is 23.1. The van der Waals surface area contributed by atoms with Gasteiger partial charge in [-0.15, -0.1) is 5.48 Å². The third-order valence-electron chi connectivity index (χ3n) is 3.25. The molecular formula is C13H16F2N2O2. The van der Waals surface area contributed by atoms with Crippen LogP contribution in [0.4, 0.5) is 8.78 Å². The lowest BCUT2D eigenvalue weighted by atomic mass is 9.92. The predicted octanol–water partition coefficient (Wildman–Crippen LogP) is 1.90. The summed E-state index contributed by atoms with van der Waals surface area (Å²) in [5.41, 5.74) is 8.39. The number of carbonyl (C=O) groups excluding carboxylic acids is 1.